The van der Waals surface area contributed by atoms with Gasteiger partial charge in [-0.3, -0.25) is 4.98 Å². The molecule has 0 bridgehead atoms. The zero-order chi connectivity index (χ0) is 12.4. The van der Waals surface area contributed by atoms with Crippen LogP contribution in [0.3, 0.4) is 0 Å². The van der Waals surface area contributed by atoms with E-state index in [4.69, 9.17) is 11.6 Å². The molecule has 0 amide bonds. The van der Waals surface area contributed by atoms with Crippen molar-refractivity contribution in [2.75, 3.05) is 0 Å². The summed E-state index contributed by atoms with van der Waals surface area (Å²) in [5, 5.41) is 3.21. The minimum Gasteiger partial charge on any atom is -0.260 e. The fourth-order valence-corrected chi connectivity index (χ4v) is 2.35. The minimum atomic E-state index is 0.765. The molecule has 0 saturated carbocycles. The van der Waals surface area contributed by atoms with E-state index in [2.05, 4.69) is 17.1 Å². The predicted octanol–water partition coefficient (Wildman–Crippen LogP) is 4.48. The molecule has 2 heteroatoms. The molecule has 0 N–H and O–H groups in total. The molecule has 2 aromatic carbocycles. The van der Waals surface area contributed by atoms with Crippen LogP contribution < -0.4 is 0 Å². The van der Waals surface area contributed by atoms with Crippen molar-refractivity contribution >= 4 is 22.4 Å². The number of halogens is 1. The van der Waals surface area contributed by atoms with E-state index in [1.807, 2.05) is 48.7 Å². The Labute approximate surface area is 111 Å². The van der Waals surface area contributed by atoms with Crippen molar-refractivity contribution in [3.05, 3.63) is 77.1 Å². The SMILES string of the molecule is Clc1ccccc1Cc1nccc2ccccc12. The van der Waals surface area contributed by atoms with Gasteiger partial charge >= 0.3 is 0 Å². The second kappa shape index (κ2) is 4.79. The average molecular weight is 254 g/mol. The fourth-order valence-electron chi connectivity index (χ4n) is 2.15. The Balaban J connectivity index is 2.08. The van der Waals surface area contributed by atoms with Crippen LogP contribution in [0.1, 0.15) is 11.3 Å². The van der Waals surface area contributed by atoms with Gasteiger partial charge in [0.25, 0.3) is 0 Å². The van der Waals surface area contributed by atoms with Crippen molar-refractivity contribution in [3.63, 3.8) is 0 Å². The molecule has 0 aliphatic heterocycles. The highest BCUT2D eigenvalue weighted by Crippen LogP contribution is 2.22. The molecule has 3 aromatic rings. The Morgan fingerprint density at radius 2 is 1.67 bits per heavy atom. The Kier molecular flexibility index (Phi) is 2.99. The van der Waals surface area contributed by atoms with E-state index in [0.717, 1.165) is 22.7 Å². The highest BCUT2D eigenvalue weighted by molar-refractivity contribution is 6.31. The molecule has 88 valence electrons. The Morgan fingerprint density at radius 1 is 0.889 bits per heavy atom. The summed E-state index contributed by atoms with van der Waals surface area (Å²) >= 11 is 6.20. The fraction of sp³-hybridized carbons (Fsp3) is 0.0625. The normalized spacial score (nSPS) is 10.7. The highest BCUT2D eigenvalue weighted by atomic mass is 35.5. The Bertz CT molecular complexity index is 686. The smallest absolute Gasteiger partial charge is 0.0526 e. The van der Waals surface area contributed by atoms with Gasteiger partial charge in [-0.1, -0.05) is 54.1 Å². The van der Waals surface area contributed by atoms with E-state index >= 15 is 0 Å². The molecule has 0 radical (unpaired) electrons. The van der Waals surface area contributed by atoms with Gasteiger partial charge in [0.15, 0.2) is 0 Å². The predicted molar refractivity (Wildman–Crippen MR) is 76.0 cm³/mol. The summed E-state index contributed by atoms with van der Waals surface area (Å²) in [5.41, 5.74) is 2.18. The minimum absolute atomic E-state index is 0.765. The molecule has 1 nitrogen and oxygen atoms in total. The number of rotatable bonds is 2. The molecule has 18 heavy (non-hydrogen) atoms. The quantitative estimate of drug-likeness (QED) is 0.656. The first kappa shape index (κ1) is 11.2. The first-order chi connectivity index (χ1) is 8.84. The van der Waals surface area contributed by atoms with Crippen LogP contribution in [-0.2, 0) is 6.42 Å². The summed E-state index contributed by atoms with van der Waals surface area (Å²) in [7, 11) is 0. The molecule has 0 spiro atoms. The first-order valence-corrected chi connectivity index (χ1v) is 6.28. The third-order valence-corrected chi connectivity index (χ3v) is 3.44. The van der Waals surface area contributed by atoms with Crippen LogP contribution in [0.15, 0.2) is 60.8 Å². The summed E-state index contributed by atoms with van der Waals surface area (Å²) in [6, 6.07) is 18.2. The number of nitrogens with zero attached hydrogens (tertiary/aromatic N) is 1. The Morgan fingerprint density at radius 3 is 2.56 bits per heavy atom. The summed E-state index contributed by atoms with van der Waals surface area (Å²) in [4.78, 5) is 4.48. The number of benzene rings is 2. The van der Waals surface area contributed by atoms with Crippen molar-refractivity contribution in [2.24, 2.45) is 0 Å². The monoisotopic (exact) mass is 253 g/mol. The second-order valence-electron chi connectivity index (χ2n) is 4.25. The molecule has 0 saturated heterocycles. The number of pyridine rings is 1. The lowest BCUT2D eigenvalue weighted by atomic mass is 10.0. The molecule has 0 aliphatic carbocycles. The lowest BCUT2D eigenvalue weighted by molar-refractivity contribution is 1.10. The zero-order valence-corrected chi connectivity index (χ0v) is 10.6. The molecule has 1 aromatic heterocycles. The molecule has 0 unspecified atom stereocenters. The number of hydrogen-bond acceptors (Lipinski definition) is 1. The maximum Gasteiger partial charge on any atom is 0.0526 e. The van der Waals surface area contributed by atoms with Gasteiger partial charge in [-0.15, -0.1) is 0 Å². The van der Waals surface area contributed by atoms with Crippen LogP contribution >= 0.6 is 11.6 Å². The van der Waals surface area contributed by atoms with Gasteiger partial charge in [0.05, 0.1) is 5.69 Å². The topological polar surface area (TPSA) is 12.9 Å². The Hall–Kier alpha value is -1.86. The second-order valence-corrected chi connectivity index (χ2v) is 4.65. The lowest BCUT2D eigenvalue weighted by Crippen LogP contribution is -1.94. The van der Waals surface area contributed by atoms with Crippen LogP contribution in [-0.4, -0.2) is 4.98 Å². The van der Waals surface area contributed by atoms with Crippen LogP contribution in [0, 0.1) is 0 Å². The van der Waals surface area contributed by atoms with Crippen molar-refractivity contribution in [3.8, 4) is 0 Å². The van der Waals surface area contributed by atoms with Gasteiger partial charge in [0, 0.05) is 23.0 Å². The first-order valence-electron chi connectivity index (χ1n) is 5.90. The van der Waals surface area contributed by atoms with E-state index in [9.17, 15) is 0 Å². The summed E-state index contributed by atoms with van der Waals surface area (Å²) in [6.07, 6.45) is 2.62. The summed E-state index contributed by atoms with van der Waals surface area (Å²) in [5.74, 6) is 0. The van der Waals surface area contributed by atoms with Crippen LogP contribution in [0.25, 0.3) is 10.8 Å². The van der Waals surface area contributed by atoms with Gasteiger partial charge < -0.3 is 0 Å². The molecule has 0 fully saturated rings. The third-order valence-electron chi connectivity index (χ3n) is 3.07. The van der Waals surface area contributed by atoms with Gasteiger partial charge in [-0.05, 0) is 23.1 Å². The van der Waals surface area contributed by atoms with Crippen molar-refractivity contribution in [2.45, 2.75) is 6.42 Å². The molecule has 3 rings (SSSR count). The zero-order valence-electron chi connectivity index (χ0n) is 9.81. The molecular formula is C16H12ClN. The molecule has 1 heterocycles. The summed E-state index contributed by atoms with van der Waals surface area (Å²) in [6.45, 7) is 0. The van der Waals surface area contributed by atoms with Crippen molar-refractivity contribution < 1.29 is 0 Å². The van der Waals surface area contributed by atoms with Crippen LogP contribution in [0.2, 0.25) is 5.02 Å². The lowest BCUT2D eigenvalue weighted by Gasteiger charge is -2.07. The van der Waals surface area contributed by atoms with Gasteiger partial charge in [0.1, 0.15) is 0 Å². The average Bonchev–Trinajstić information content (AvgIpc) is 2.42. The van der Waals surface area contributed by atoms with Gasteiger partial charge in [0.2, 0.25) is 0 Å². The van der Waals surface area contributed by atoms with E-state index in [1.54, 1.807) is 0 Å². The summed E-state index contributed by atoms with van der Waals surface area (Å²) < 4.78 is 0. The van der Waals surface area contributed by atoms with E-state index in [0.29, 0.717) is 0 Å². The van der Waals surface area contributed by atoms with E-state index in [1.165, 1.54) is 10.8 Å². The maximum absolute atomic E-state index is 6.20. The van der Waals surface area contributed by atoms with Gasteiger partial charge in [-0.2, -0.15) is 0 Å². The largest absolute Gasteiger partial charge is 0.260 e. The van der Waals surface area contributed by atoms with Crippen molar-refractivity contribution in [1.82, 2.24) is 4.98 Å². The third kappa shape index (κ3) is 2.09. The molecule has 0 atom stereocenters. The number of fused-ring (bicyclic) bond motifs is 1. The standard InChI is InChI=1S/C16H12ClN/c17-15-8-4-2-6-13(15)11-16-14-7-3-1-5-12(14)9-10-18-16/h1-10H,11H2. The molecule has 0 aliphatic rings. The van der Waals surface area contributed by atoms with Crippen LogP contribution in [0.5, 0.6) is 0 Å². The number of aromatic nitrogens is 1. The molecular weight excluding hydrogens is 242 g/mol. The highest BCUT2D eigenvalue weighted by Gasteiger charge is 2.05. The van der Waals surface area contributed by atoms with E-state index in [-0.39, 0.29) is 0 Å². The van der Waals surface area contributed by atoms with E-state index < -0.39 is 0 Å². The number of hydrogen-bond donors (Lipinski definition) is 0. The van der Waals surface area contributed by atoms with Gasteiger partial charge in [-0.25, -0.2) is 0 Å². The maximum atomic E-state index is 6.20. The van der Waals surface area contributed by atoms with Crippen molar-refractivity contribution in [1.29, 1.82) is 0 Å². The van der Waals surface area contributed by atoms with Crippen LogP contribution in [0.4, 0.5) is 0 Å².